The van der Waals surface area contributed by atoms with Gasteiger partial charge in [0.1, 0.15) is 0 Å². The molecule has 0 fully saturated rings. The molecule has 0 aromatic heterocycles. The number of allylic oxidation sites excluding steroid dienone is 8. The van der Waals surface area contributed by atoms with Crippen molar-refractivity contribution in [2.75, 3.05) is 0 Å². The summed E-state index contributed by atoms with van der Waals surface area (Å²) in [5.74, 6) is -0.534. The monoisotopic (exact) mass is 318 g/mol. The first-order valence-electron chi connectivity index (χ1n) is 8.54. The second-order valence-electron chi connectivity index (χ2n) is 5.41. The fourth-order valence-electron chi connectivity index (χ4n) is 1.89. The predicted octanol–water partition coefficient (Wildman–Crippen LogP) is 5.40. The van der Waals surface area contributed by atoms with Crippen LogP contribution in [0.15, 0.2) is 48.6 Å². The number of carboxylic acid groups (broad SMARTS) is 1. The van der Waals surface area contributed by atoms with Crippen LogP contribution in [0.4, 0.5) is 0 Å². The Balaban J connectivity index is 3.59. The Morgan fingerprint density at radius 3 is 2.22 bits per heavy atom. The highest BCUT2D eigenvalue weighted by molar-refractivity contribution is 5.89. The number of aliphatic carboxylic acids is 1. The summed E-state index contributed by atoms with van der Waals surface area (Å²) in [5, 5.41) is 8.49. The Labute approximate surface area is 140 Å². The SMILES string of the molecule is CCCCCC(=O)/C=C/C=C\C/C=C/C/C=C\CCCC(=O)O. The van der Waals surface area contributed by atoms with E-state index in [9.17, 15) is 9.59 Å². The molecule has 0 aromatic rings. The Morgan fingerprint density at radius 2 is 1.52 bits per heavy atom. The van der Waals surface area contributed by atoms with Crippen LogP contribution < -0.4 is 0 Å². The zero-order valence-electron chi connectivity index (χ0n) is 14.2. The normalized spacial score (nSPS) is 12.2. The fraction of sp³-hybridized carbons (Fsp3) is 0.500. The van der Waals surface area contributed by atoms with Crippen molar-refractivity contribution in [3.8, 4) is 0 Å². The molecular formula is C20H30O3. The highest BCUT2D eigenvalue weighted by Crippen LogP contribution is 2.01. The van der Waals surface area contributed by atoms with Crippen molar-refractivity contribution in [3.05, 3.63) is 48.6 Å². The van der Waals surface area contributed by atoms with Gasteiger partial charge in [0, 0.05) is 12.8 Å². The van der Waals surface area contributed by atoms with E-state index in [0.717, 1.165) is 38.5 Å². The van der Waals surface area contributed by atoms with Crippen molar-refractivity contribution < 1.29 is 14.7 Å². The van der Waals surface area contributed by atoms with Gasteiger partial charge in [-0.05, 0) is 38.2 Å². The first kappa shape index (κ1) is 21.1. The van der Waals surface area contributed by atoms with Gasteiger partial charge in [0.2, 0.25) is 0 Å². The lowest BCUT2D eigenvalue weighted by molar-refractivity contribution is -0.137. The molecule has 0 amide bonds. The molecule has 0 aliphatic heterocycles. The minimum absolute atomic E-state index is 0.201. The zero-order valence-corrected chi connectivity index (χ0v) is 14.2. The molecule has 0 heterocycles. The molecule has 0 saturated carbocycles. The molecule has 23 heavy (non-hydrogen) atoms. The van der Waals surface area contributed by atoms with Crippen molar-refractivity contribution >= 4 is 11.8 Å². The molecule has 1 N–H and O–H groups in total. The summed E-state index contributed by atoms with van der Waals surface area (Å²) < 4.78 is 0. The smallest absolute Gasteiger partial charge is 0.303 e. The molecule has 0 bridgehead atoms. The summed E-state index contributed by atoms with van der Waals surface area (Å²) >= 11 is 0. The van der Waals surface area contributed by atoms with Crippen LogP contribution in [-0.2, 0) is 9.59 Å². The fourth-order valence-corrected chi connectivity index (χ4v) is 1.89. The van der Waals surface area contributed by atoms with Crippen molar-refractivity contribution in [1.29, 1.82) is 0 Å². The van der Waals surface area contributed by atoms with Crippen LogP contribution in [0.1, 0.15) is 64.7 Å². The highest BCUT2D eigenvalue weighted by atomic mass is 16.4. The van der Waals surface area contributed by atoms with Crippen LogP contribution in [0.2, 0.25) is 0 Å². The van der Waals surface area contributed by atoms with Crippen LogP contribution in [0.25, 0.3) is 0 Å². The Morgan fingerprint density at radius 1 is 0.826 bits per heavy atom. The van der Waals surface area contributed by atoms with Gasteiger partial charge >= 0.3 is 5.97 Å². The summed E-state index contributed by atoms with van der Waals surface area (Å²) in [6.45, 7) is 2.13. The minimum atomic E-state index is -0.734. The molecule has 3 heteroatoms. The lowest BCUT2D eigenvalue weighted by Crippen LogP contribution is -1.92. The van der Waals surface area contributed by atoms with E-state index in [0.29, 0.717) is 12.8 Å². The summed E-state index contributed by atoms with van der Waals surface area (Å²) in [5.41, 5.74) is 0. The Hall–Kier alpha value is -1.90. The quantitative estimate of drug-likeness (QED) is 0.202. The van der Waals surface area contributed by atoms with Gasteiger partial charge in [0.05, 0.1) is 0 Å². The van der Waals surface area contributed by atoms with E-state index in [4.69, 9.17) is 5.11 Å². The first-order valence-corrected chi connectivity index (χ1v) is 8.54. The minimum Gasteiger partial charge on any atom is -0.481 e. The van der Waals surface area contributed by atoms with Gasteiger partial charge in [0.15, 0.2) is 5.78 Å². The van der Waals surface area contributed by atoms with Crippen LogP contribution in [-0.4, -0.2) is 16.9 Å². The summed E-state index contributed by atoms with van der Waals surface area (Å²) in [6, 6.07) is 0. The van der Waals surface area contributed by atoms with E-state index in [2.05, 4.69) is 25.2 Å². The number of rotatable bonds is 14. The van der Waals surface area contributed by atoms with E-state index in [1.807, 2.05) is 24.3 Å². The molecular weight excluding hydrogens is 288 g/mol. The number of carbonyl (C=O) groups excluding carboxylic acids is 1. The third kappa shape index (κ3) is 18.1. The third-order valence-electron chi connectivity index (χ3n) is 3.20. The van der Waals surface area contributed by atoms with Gasteiger partial charge in [-0.1, -0.05) is 62.3 Å². The molecule has 0 aliphatic carbocycles. The van der Waals surface area contributed by atoms with E-state index in [-0.39, 0.29) is 12.2 Å². The number of hydrogen-bond donors (Lipinski definition) is 1. The largest absolute Gasteiger partial charge is 0.481 e. The van der Waals surface area contributed by atoms with Crippen molar-refractivity contribution in [2.24, 2.45) is 0 Å². The standard InChI is InChI=1S/C20H30O3/c1-2-3-13-16-19(21)17-14-11-9-7-5-4-6-8-10-12-15-18-20(22)23/h4-5,8-11,14,17H,2-3,6-7,12-13,15-16,18H2,1H3,(H,22,23)/b5-4+,10-8-,11-9-,17-14+. The maximum Gasteiger partial charge on any atom is 0.303 e. The van der Waals surface area contributed by atoms with Crippen LogP contribution >= 0.6 is 0 Å². The van der Waals surface area contributed by atoms with E-state index in [1.165, 1.54) is 0 Å². The van der Waals surface area contributed by atoms with Crippen molar-refractivity contribution in [3.63, 3.8) is 0 Å². The maximum atomic E-state index is 11.5. The first-order chi connectivity index (χ1) is 11.2. The van der Waals surface area contributed by atoms with Gasteiger partial charge in [-0.25, -0.2) is 0 Å². The predicted molar refractivity (Wildman–Crippen MR) is 96.4 cm³/mol. The lowest BCUT2D eigenvalue weighted by atomic mass is 10.1. The van der Waals surface area contributed by atoms with Crippen LogP contribution in [0, 0.1) is 0 Å². The number of carbonyl (C=O) groups is 2. The molecule has 0 aromatic carbocycles. The van der Waals surface area contributed by atoms with Crippen LogP contribution in [0.5, 0.6) is 0 Å². The molecule has 0 radical (unpaired) electrons. The number of carboxylic acids is 1. The lowest BCUT2D eigenvalue weighted by Gasteiger charge is -1.92. The molecule has 0 aliphatic rings. The Bertz CT molecular complexity index is 428. The molecule has 0 atom stereocenters. The molecule has 0 saturated heterocycles. The Kier molecular flexibility index (Phi) is 15.1. The average molecular weight is 318 g/mol. The van der Waals surface area contributed by atoms with Crippen molar-refractivity contribution in [2.45, 2.75) is 64.7 Å². The zero-order chi connectivity index (χ0) is 17.2. The molecule has 0 unspecified atom stereocenters. The number of hydrogen-bond acceptors (Lipinski definition) is 2. The third-order valence-corrected chi connectivity index (χ3v) is 3.20. The molecule has 0 spiro atoms. The second kappa shape index (κ2) is 16.5. The van der Waals surface area contributed by atoms with Gasteiger partial charge < -0.3 is 5.11 Å². The van der Waals surface area contributed by atoms with Crippen molar-refractivity contribution in [1.82, 2.24) is 0 Å². The van der Waals surface area contributed by atoms with Gasteiger partial charge in [-0.15, -0.1) is 0 Å². The summed E-state index contributed by atoms with van der Waals surface area (Å²) in [4.78, 5) is 21.8. The second-order valence-corrected chi connectivity index (χ2v) is 5.41. The topological polar surface area (TPSA) is 54.4 Å². The van der Waals surface area contributed by atoms with Gasteiger partial charge in [-0.3, -0.25) is 9.59 Å². The van der Waals surface area contributed by atoms with Gasteiger partial charge in [-0.2, -0.15) is 0 Å². The molecule has 128 valence electrons. The maximum absolute atomic E-state index is 11.5. The average Bonchev–Trinajstić information content (AvgIpc) is 2.51. The van der Waals surface area contributed by atoms with Gasteiger partial charge in [0.25, 0.3) is 0 Å². The van der Waals surface area contributed by atoms with E-state index >= 15 is 0 Å². The summed E-state index contributed by atoms with van der Waals surface area (Å²) in [7, 11) is 0. The number of ketones is 1. The molecule has 3 nitrogen and oxygen atoms in total. The molecule has 0 rings (SSSR count). The van der Waals surface area contributed by atoms with E-state index < -0.39 is 5.97 Å². The summed E-state index contributed by atoms with van der Waals surface area (Å²) in [6.07, 6.45) is 23.0. The number of unbranched alkanes of at least 4 members (excludes halogenated alkanes) is 3. The highest BCUT2D eigenvalue weighted by Gasteiger charge is 1.94. The van der Waals surface area contributed by atoms with Crippen LogP contribution in [0.3, 0.4) is 0 Å². The van der Waals surface area contributed by atoms with E-state index in [1.54, 1.807) is 6.08 Å².